The van der Waals surface area contributed by atoms with Gasteiger partial charge in [-0.25, -0.2) is 4.79 Å². The molecule has 4 amide bonds. The Kier molecular flexibility index (Phi) is 10.1. The van der Waals surface area contributed by atoms with Crippen molar-refractivity contribution in [3.05, 3.63) is 77.9 Å². The van der Waals surface area contributed by atoms with Crippen LogP contribution in [-0.2, 0) is 0 Å². The number of nitrogens with two attached hydrogens (primary N) is 1. The van der Waals surface area contributed by atoms with Gasteiger partial charge in [-0.05, 0) is 55.6 Å². The number of benzene rings is 3. The SMILES string of the molecule is CCN(CC)CCNC(=O)c1ccc(NC(=O)Nc2ccc(Oc3ccccc3)c(C(N)=O)c2)cc1OC. The third kappa shape index (κ3) is 7.71. The molecule has 0 spiro atoms. The predicted octanol–water partition coefficient (Wildman–Crippen LogP) is 4.30. The van der Waals surface area contributed by atoms with E-state index in [4.69, 9.17) is 15.2 Å². The minimum Gasteiger partial charge on any atom is -0.496 e. The Hall–Kier alpha value is -4.57. The summed E-state index contributed by atoms with van der Waals surface area (Å²) in [6, 6.07) is 17.7. The van der Waals surface area contributed by atoms with Gasteiger partial charge in [-0.2, -0.15) is 0 Å². The Morgan fingerprint density at radius 2 is 1.50 bits per heavy atom. The summed E-state index contributed by atoms with van der Waals surface area (Å²) in [6.45, 7) is 7.22. The molecule has 5 N–H and O–H groups in total. The Balaban J connectivity index is 1.65. The third-order valence-corrected chi connectivity index (χ3v) is 5.79. The van der Waals surface area contributed by atoms with Gasteiger partial charge in [0.2, 0.25) is 0 Å². The van der Waals surface area contributed by atoms with Gasteiger partial charge in [0.15, 0.2) is 0 Å². The van der Waals surface area contributed by atoms with Gasteiger partial charge < -0.3 is 36.1 Å². The number of carbonyl (C=O) groups is 3. The molecule has 0 aliphatic heterocycles. The number of rotatable bonds is 12. The lowest BCUT2D eigenvalue weighted by Crippen LogP contribution is -2.34. The van der Waals surface area contributed by atoms with E-state index in [0.717, 1.165) is 19.6 Å². The smallest absolute Gasteiger partial charge is 0.323 e. The van der Waals surface area contributed by atoms with E-state index in [0.29, 0.717) is 35.0 Å². The van der Waals surface area contributed by atoms with Crippen molar-refractivity contribution in [3.8, 4) is 17.2 Å². The normalized spacial score (nSPS) is 10.5. The molecule has 38 heavy (non-hydrogen) atoms. The minimum atomic E-state index is -0.698. The highest BCUT2D eigenvalue weighted by Gasteiger charge is 2.16. The van der Waals surface area contributed by atoms with Gasteiger partial charge in [-0.1, -0.05) is 32.0 Å². The summed E-state index contributed by atoms with van der Waals surface area (Å²) >= 11 is 0. The van der Waals surface area contributed by atoms with E-state index in [1.54, 1.807) is 54.6 Å². The summed E-state index contributed by atoms with van der Waals surface area (Å²) in [5, 5.41) is 8.25. The predicted molar refractivity (Wildman–Crippen MR) is 147 cm³/mol. The number of ether oxygens (including phenoxy) is 2. The van der Waals surface area contributed by atoms with E-state index < -0.39 is 11.9 Å². The van der Waals surface area contributed by atoms with Crippen LogP contribution in [0.5, 0.6) is 17.2 Å². The highest BCUT2D eigenvalue weighted by molar-refractivity contribution is 6.03. The van der Waals surface area contributed by atoms with Crippen LogP contribution in [0.2, 0.25) is 0 Å². The molecule has 3 aromatic carbocycles. The number of nitrogens with zero attached hydrogens (tertiary/aromatic N) is 1. The molecule has 0 radical (unpaired) electrons. The zero-order valence-electron chi connectivity index (χ0n) is 21.7. The molecular weight excluding hydrogens is 486 g/mol. The highest BCUT2D eigenvalue weighted by Crippen LogP contribution is 2.28. The molecule has 3 aromatic rings. The summed E-state index contributed by atoms with van der Waals surface area (Å²) in [5.41, 5.74) is 6.76. The van der Waals surface area contributed by atoms with Crippen molar-refractivity contribution in [3.63, 3.8) is 0 Å². The number of para-hydroxylation sites is 1. The van der Waals surface area contributed by atoms with Crippen LogP contribution in [0.25, 0.3) is 0 Å². The maximum Gasteiger partial charge on any atom is 0.323 e. The third-order valence-electron chi connectivity index (χ3n) is 5.79. The van der Waals surface area contributed by atoms with E-state index in [2.05, 4.69) is 34.7 Å². The van der Waals surface area contributed by atoms with Gasteiger partial charge >= 0.3 is 6.03 Å². The van der Waals surface area contributed by atoms with Crippen molar-refractivity contribution in [2.24, 2.45) is 5.73 Å². The summed E-state index contributed by atoms with van der Waals surface area (Å²) in [6.07, 6.45) is 0. The summed E-state index contributed by atoms with van der Waals surface area (Å²) in [7, 11) is 1.45. The first kappa shape index (κ1) is 28.0. The first-order valence-corrected chi connectivity index (χ1v) is 12.3. The Labute approximate surface area is 222 Å². The van der Waals surface area contributed by atoms with Gasteiger partial charge in [0.25, 0.3) is 11.8 Å². The van der Waals surface area contributed by atoms with Crippen molar-refractivity contribution in [2.45, 2.75) is 13.8 Å². The number of carbonyl (C=O) groups excluding carboxylic acids is 3. The van der Waals surface area contributed by atoms with Crippen molar-refractivity contribution in [1.82, 2.24) is 10.2 Å². The number of methoxy groups -OCH3 is 1. The summed E-state index contributed by atoms with van der Waals surface area (Å²) in [5.74, 6) is 0.174. The average Bonchev–Trinajstić information content (AvgIpc) is 2.92. The van der Waals surface area contributed by atoms with E-state index >= 15 is 0 Å². The Morgan fingerprint density at radius 1 is 0.842 bits per heavy atom. The van der Waals surface area contributed by atoms with E-state index in [1.807, 2.05) is 6.07 Å². The van der Waals surface area contributed by atoms with E-state index in [1.165, 1.54) is 13.2 Å². The van der Waals surface area contributed by atoms with Gasteiger partial charge in [0.1, 0.15) is 17.2 Å². The first-order chi connectivity index (χ1) is 18.3. The monoisotopic (exact) mass is 519 g/mol. The molecule has 0 atom stereocenters. The number of anilines is 2. The molecule has 0 saturated heterocycles. The Morgan fingerprint density at radius 3 is 2.13 bits per heavy atom. The molecule has 0 aromatic heterocycles. The molecule has 200 valence electrons. The van der Waals surface area contributed by atoms with Crippen LogP contribution >= 0.6 is 0 Å². The van der Waals surface area contributed by atoms with Crippen LogP contribution < -0.4 is 31.2 Å². The van der Waals surface area contributed by atoms with Gasteiger partial charge in [-0.3, -0.25) is 9.59 Å². The zero-order chi connectivity index (χ0) is 27.5. The largest absolute Gasteiger partial charge is 0.496 e. The molecule has 0 saturated carbocycles. The number of urea groups is 1. The van der Waals surface area contributed by atoms with Crippen LogP contribution in [0, 0.1) is 0 Å². The van der Waals surface area contributed by atoms with Gasteiger partial charge in [-0.15, -0.1) is 0 Å². The summed E-state index contributed by atoms with van der Waals surface area (Å²) in [4.78, 5) is 39.5. The number of nitrogens with one attached hydrogen (secondary N) is 3. The van der Waals surface area contributed by atoms with Crippen LogP contribution in [0.15, 0.2) is 66.7 Å². The van der Waals surface area contributed by atoms with Crippen molar-refractivity contribution < 1.29 is 23.9 Å². The van der Waals surface area contributed by atoms with Crippen LogP contribution in [-0.4, -0.2) is 56.0 Å². The quantitative estimate of drug-likeness (QED) is 0.282. The second kappa shape index (κ2) is 13.7. The second-order valence-corrected chi connectivity index (χ2v) is 8.27. The molecular formula is C28H33N5O5. The first-order valence-electron chi connectivity index (χ1n) is 12.3. The molecule has 0 aliphatic carbocycles. The molecule has 0 fully saturated rings. The average molecular weight is 520 g/mol. The van der Waals surface area contributed by atoms with Crippen LogP contribution in [0.4, 0.5) is 16.2 Å². The fraction of sp³-hybridized carbons (Fsp3) is 0.250. The number of likely N-dealkylation sites (N-methyl/N-ethyl adjacent to an activating group) is 1. The van der Waals surface area contributed by atoms with Gasteiger partial charge in [0.05, 0.1) is 18.2 Å². The standard InChI is InChI=1S/C28H33N5O5/c1-4-33(5-2)16-15-30-27(35)22-13-11-20(18-25(22)37-3)32-28(36)31-19-12-14-24(23(17-19)26(29)34)38-21-9-7-6-8-10-21/h6-14,17-18H,4-5,15-16H2,1-3H3,(H2,29,34)(H,30,35)(H2,31,32,36). The maximum absolute atomic E-state index is 12.6. The topological polar surface area (TPSA) is 135 Å². The fourth-order valence-corrected chi connectivity index (χ4v) is 3.72. The van der Waals surface area contributed by atoms with Crippen LogP contribution in [0.3, 0.4) is 0 Å². The molecule has 0 unspecified atom stereocenters. The molecule has 3 rings (SSSR count). The van der Waals surface area contributed by atoms with Crippen molar-refractivity contribution in [1.29, 1.82) is 0 Å². The van der Waals surface area contributed by atoms with E-state index in [9.17, 15) is 14.4 Å². The second-order valence-electron chi connectivity index (χ2n) is 8.27. The summed E-state index contributed by atoms with van der Waals surface area (Å²) < 4.78 is 11.1. The molecule has 0 aliphatic rings. The molecule has 0 bridgehead atoms. The Bertz CT molecular complexity index is 1260. The zero-order valence-corrected chi connectivity index (χ0v) is 21.7. The maximum atomic E-state index is 12.6. The number of amides is 4. The van der Waals surface area contributed by atoms with Gasteiger partial charge in [0, 0.05) is 30.5 Å². The number of hydrogen-bond acceptors (Lipinski definition) is 6. The van der Waals surface area contributed by atoms with E-state index in [-0.39, 0.29) is 17.2 Å². The molecule has 10 heteroatoms. The minimum absolute atomic E-state index is 0.115. The number of primary amides is 1. The van der Waals surface area contributed by atoms with Crippen LogP contribution in [0.1, 0.15) is 34.6 Å². The van der Waals surface area contributed by atoms with Crippen molar-refractivity contribution >= 4 is 29.2 Å². The number of hydrogen-bond donors (Lipinski definition) is 4. The molecule has 10 nitrogen and oxygen atoms in total. The lowest BCUT2D eigenvalue weighted by Gasteiger charge is -2.18. The lowest BCUT2D eigenvalue weighted by atomic mass is 10.1. The lowest BCUT2D eigenvalue weighted by molar-refractivity contribution is 0.0944. The fourth-order valence-electron chi connectivity index (χ4n) is 3.72. The molecule has 0 heterocycles. The van der Waals surface area contributed by atoms with Crippen molar-refractivity contribution in [2.75, 3.05) is 43.9 Å². The highest BCUT2D eigenvalue weighted by atomic mass is 16.5.